The number of benzene rings is 1. The minimum Gasteiger partial charge on any atom is -0.399 e. The number of hydrogen-bond acceptors (Lipinski definition) is 6. The molecule has 0 aliphatic carbocycles. The molecular weight excluding hydrogens is 302 g/mol. The third kappa shape index (κ3) is 3.86. The molecule has 2 N–H and O–H groups in total. The third-order valence-corrected chi connectivity index (χ3v) is 4.86. The van der Waals surface area contributed by atoms with Crippen LogP contribution in [0.1, 0.15) is 12.3 Å². The second-order valence-electron chi connectivity index (χ2n) is 4.51. The van der Waals surface area contributed by atoms with Crippen molar-refractivity contribution in [1.29, 1.82) is 0 Å². The Labute approximate surface area is 131 Å². The molecule has 0 aliphatic heterocycles. The van der Waals surface area contributed by atoms with E-state index < -0.39 is 0 Å². The molecule has 0 saturated carbocycles. The first-order chi connectivity index (χ1) is 10.3. The maximum Gasteiger partial charge on any atom is 0.227 e. The molecule has 108 valence electrons. The summed E-state index contributed by atoms with van der Waals surface area (Å²) < 4.78 is 5.28. The van der Waals surface area contributed by atoms with Crippen LogP contribution in [0.3, 0.4) is 0 Å². The zero-order valence-corrected chi connectivity index (χ0v) is 13.0. The van der Waals surface area contributed by atoms with Crippen molar-refractivity contribution in [2.75, 3.05) is 11.5 Å². The predicted molar refractivity (Wildman–Crippen MR) is 87.5 cm³/mol. The summed E-state index contributed by atoms with van der Waals surface area (Å²) in [6.45, 7) is 0. The van der Waals surface area contributed by atoms with Gasteiger partial charge in [0, 0.05) is 17.0 Å². The van der Waals surface area contributed by atoms with Crippen LogP contribution in [-0.4, -0.2) is 15.9 Å². The lowest BCUT2D eigenvalue weighted by molar-refractivity contribution is 0.378. The van der Waals surface area contributed by atoms with E-state index in [0.29, 0.717) is 11.7 Å². The molecule has 0 amide bonds. The molecule has 0 saturated heterocycles. The van der Waals surface area contributed by atoms with Gasteiger partial charge in [-0.15, -0.1) is 23.1 Å². The highest BCUT2D eigenvalue weighted by molar-refractivity contribution is 7.99. The molecule has 0 unspecified atom stereocenters. The molecule has 2 aromatic heterocycles. The summed E-state index contributed by atoms with van der Waals surface area (Å²) in [5.41, 5.74) is 6.46. The normalized spacial score (nSPS) is 10.9. The summed E-state index contributed by atoms with van der Waals surface area (Å²) in [7, 11) is 0. The van der Waals surface area contributed by atoms with Crippen LogP contribution in [0.4, 0.5) is 5.69 Å². The molecule has 21 heavy (non-hydrogen) atoms. The summed E-state index contributed by atoms with van der Waals surface area (Å²) >= 11 is 3.43. The Morgan fingerprint density at radius 3 is 2.81 bits per heavy atom. The fourth-order valence-corrected chi connectivity index (χ4v) is 3.34. The SMILES string of the molecule is Nc1ccc(SCCCc2nc(-c3cccs3)no2)cc1. The van der Waals surface area contributed by atoms with Crippen LogP contribution in [-0.2, 0) is 6.42 Å². The van der Waals surface area contributed by atoms with Gasteiger partial charge in [0.15, 0.2) is 0 Å². The van der Waals surface area contributed by atoms with Crippen LogP contribution in [0.2, 0.25) is 0 Å². The second-order valence-corrected chi connectivity index (χ2v) is 6.63. The van der Waals surface area contributed by atoms with E-state index in [-0.39, 0.29) is 0 Å². The van der Waals surface area contributed by atoms with E-state index in [1.165, 1.54) is 4.90 Å². The van der Waals surface area contributed by atoms with Crippen molar-refractivity contribution in [1.82, 2.24) is 10.1 Å². The standard InChI is InChI=1S/C15H15N3OS2/c16-11-5-7-12(8-6-11)20-9-2-4-14-17-15(18-19-14)13-3-1-10-21-13/h1,3,5-8,10H,2,4,9,16H2. The number of aryl methyl sites for hydroxylation is 1. The Hall–Kier alpha value is -1.79. The van der Waals surface area contributed by atoms with Crippen molar-refractivity contribution in [2.24, 2.45) is 0 Å². The Morgan fingerprint density at radius 2 is 2.05 bits per heavy atom. The van der Waals surface area contributed by atoms with Crippen LogP contribution in [0.15, 0.2) is 51.2 Å². The lowest BCUT2D eigenvalue weighted by atomic mass is 10.3. The van der Waals surface area contributed by atoms with E-state index in [2.05, 4.69) is 10.1 Å². The number of rotatable bonds is 6. The number of thioether (sulfide) groups is 1. The molecular formula is C15H15N3OS2. The maximum absolute atomic E-state index is 5.66. The summed E-state index contributed by atoms with van der Waals surface area (Å²) in [4.78, 5) is 6.69. The fourth-order valence-electron chi connectivity index (χ4n) is 1.84. The first kappa shape index (κ1) is 14.2. The predicted octanol–water partition coefficient (Wildman–Crippen LogP) is 4.11. The summed E-state index contributed by atoms with van der Waals surface area (Å²) in [5.74, 6) is 2.41. The number of aromatic nitrogens is 2. The van der Waals surface area contributed by atoms with Crippen molar-refractivity contribution in [3.63, 3.8) is 0 Å². The zero-order chi connectivity index (χ0) is 14.5. The van der Waals surface area contributed by atoms with Gasteiger partial charge in [0.25, 0.3) is 0 Å². The number of nitrogens with zero attached hydrogens (tertiary/aromatic N) is 2. The first-order valence-electron chi connectivity index (χ1n) is 6.66. The minimum atomic E-state index is 0.686. The maximum atomic E-state index is 5.66. The highest BCUT2D eigenvalue weighted by atomic mass is 32.2. The molecule has 4 nitrogen and oxygen atoms in total. The highest BCUT2D eigenvalue weighted by Gasteiger charge is 2.08. The Balaban J connectivity index is 1.46. The number of nitrogens with two attached hydrogens (primary N) is 1. The van der Waals surface area contributed by atoms with Crippen molar-refractivity contribution in [3.05, 3.63) is 47.7 Å². The molecule has 0 atom stereocenters. The molecule has 3 rings (SSSR count). The van der Waals surface area contributed by atoms with Gasteiger partial charge >= 0.3 is 0 Å². The van der Waals surface area contributed by atoms with Gasteiger partial charge in [0.05, 0.1) is 4.88 Å². The van der Waals surface area contributed by atoms with Gasteiger partial charge in [0.2, 0.25) is 11.7 Å². The molecule has 0 bridgehead atoms. The number of thiophene rings is 1. The van der Waals surface area contributed by atoms with Gasteiger partial charge < -0.3 is 10.3 Å². The fraction of sp³-hybridized carbons (Fsp3) is 0.200. The molecule has 0 fully saturated rings. The van der Waals surface area contributed by atoms with Gasteiger partial charge in [0.1, 0.15) is 0 Å². The van der Waals surface area contributed by atoms with Crippen LogP contribution in [0.25, 0.3) is 10.7 Å². The van der Waals surface area contributed by atoms with E-state index in [1.807, 2.05) is 53.5 Å². The average molecular weight is 317 g/mol. The monoisotopic (exact) mass is 317 g/mol. The minimum absolute atomic E-state index is 0.686. The molecule has 2 heterocycles. The van der Waals surface area contributed by atoms with E-state index in [0.717, 1.165) is 29.2 Å². The van der Waals surface area contributed by atoms with Crippen LogP contribution in [0, 0.1) is 0 Å². The molecule has 3 aromatic rings. The number of anilines is 1. The first-order valence-corrected chi connectivity index (χ1v) is 8.52. The Kier molecular flexibility index (Phi) is 4.57. The summed E-state index contributed by atoms with van der Waals surface area (Å²) in [6, 6.07) is 11.9. The largest absolute Gasteiger partial charge is 0.399 e. The smallest absolute Gasteiger partial charge is 0.227 e. The quantitative estimate of drug-likeness (QED) is 0.421. The van der Waals surface area contributed by atoms with Crippen LogP contribution >= 0.6 is 23.1 Å². The summed E-state index contributed by atoms with van der Waals surface area (Å²) in [5, 5.41) is 6.02. The van der Waals surface area contributed by atoms with Crippen molar-refractivity contribution in [3.8, 4) is 10.7 Å². The van der Waals surface area contributed by atoms with Gasteiger partial charge in [-0.3, -0.25) is 0 Å². The van der Waals surface area contributed by atoms with E-state index in [9.17, 15) is 0 Å². The molecule has 1 aromatic carbocycles. The lowest BCUT2D eigenvalue weighted by Crippen LogP contribution is -1.89. The number of hydrogen-bond donors (Lipinski definition) is 1. The highest BCUT2D eigenvalue weighted by Crippen LogP contribution is 2.23. The zero-order valence-electron chi connectivity index (χ0n) is 11.4. The van der Waals surface area contributed by atoms with Crippen molar-refractivity contribution in [2.45, 2.75) is 17.7 Å². The van der Waals surface area contributed by atoms with Crippen LogP contribution < -0.4 is 5.73 Å². The Bertz CT molecular complexity index is 677. The van der Waals surface area contributed by atoms with Crippen molar-refractivity contribution < 1.29 is 4.52 Å². The average Bonchev–Trinajstić information content (AvgIpc) is 3.16. The number of nitrogen functional groups attached to an aromatic ring is 1. The van der Waals surface area contributed by atoms with Gasteiger partial charge in [-0.25, -0.2) is 0 Å². The third-order valence-electron chi connectivity index (χ3n) is 2.89. The van der Waals surface area contributed by atoms with E-state index >= 15 is 0 Å². The molecule has 6 heteroatoms. The second kappa shape index (κ2) is 6.78. The van der Waals surface area contributed by atoms with Gasteiger partial charge in [-0.05, 0) is 47.9 Å². The van der Waals surface area contributed by atoms with E-state index in [1.54, 1.807) is 11.3 Å². The molecule has 0 spiro atoms. The Morgan fingerprint density at radius 1 is 1.19 bits per heavy atom. The summed E-state index contributed by atoms with van der Waals surface area (Å²) in [6.07, 6.45) is 1.81. The van der Waals surface area contributed by atoms with Gasteiger partial charge in [-0.2, -0.15) is 4.98 Å². The van der Waals surface area contributed by atoms with Gasteiger partial charge in [-0.1, -0.05) is 11.2 Å². The van der Waals surface area contributed by atoms with Crippen molar-refractivity contribution >= 4 is 28.8 Å². The molecule has 0 radical (unpaired) electrons. The van der Waals surface area contributed by atoms with E-state index in [4.69, 9.17) is 10.3 Å². The lowest BCUT2D eigenvalue weighted by Gasteiger charge is -2.00. The molecule has 0 aliphatic rings. The topological polar surface area (TPSA) is 64.9 Å². The van der Waals surface area contributed by atoms with Crippen LogP contribution in [0.5, 0.6) is 0 Å².